The molecule has 2 N–H and O–H groups in total. The van der Waals surface area contributed by atoms with Crippen molar-refractivity contribution in [1.82, 2.24) is 20.4 Å². The van der Waals surface area contributed by atoms with E-state index in [0.717, 1.165) is 24.6 Å². The van der Waals surface area contributed by atoms with Gasteiger partial charge in [-0.3, -0.25) is 9.67 Å². The van der Waals surface area contributed by atoms with Crippen molar-refractivity contribution in [2.75, 3.05) is 13.6 Å². The quantitative estimate of drug-likeness (QED) is 0.638. The van der Waals surface area contributed by atoms with Crippen molar-refractivity contribution in [3.8, 4) is 0 Å². The molecule has 0 unspecified atom stereocenters. The van der Waals surface area contributed by atoms with Crippen molar-refractivity contribution in [3.05, 3.63) is 38.8 Å². The molecule has 0 amide bonds. The summed E-state index contributed by atoms with van der Waals surface area (Å²) in [6, 6.07) is 6.21. The zero-order valence-corrected chi connectivity index (χ0v) is 14.0. The minimum atomic E-state index is 0.709. The molecule has 0 spiro atoms. The number of guanidine groups is 1. The van der Waals surface area contributed by atoms with Gasteiger partial charge in [-0.25, -0.2) is 0 Å². The Labute approximate surface area is 131 Å². The van der Waals surface area contributed by atoms with Crippen molar-refractivity contribution < 1.29 is 0 Å². The topological polar surface area (TPSA) is 54.2 Å². The van der Waals surface area contributed by atoms with Gasteiger partial charge < -0.3 is 10.6 Å². The summed E-state index contributed by atoms with van der Waals surface area (Å²) in [4.78, 5) is 5.57. The zero-order valence-electron chi connectivity index (χ0n) is 11.6. The summed E-state index contributed by atoms with van der Waals surface area (Å²) >= 11 is 5.24. The number of hydrogen-bond acceptors (Lipinski definition) is 3. The fraction of sp³-hybridized carbons (Fsp3) is 0.385. The van der Waals surface area contributed by atoms with E-state index < -0.39 is 0 Å². The number of rotatable bonds is 5. The highest BCUT2D eigenvalue weighted by molar-refractivity contribution is 9.11. The van der Waals surface area contributed by atoms with Gasteiger partial charge in [0.15, 0.2) is 5.96 Å². The molecule has 2 aromatic heterocycles. The summed E-state index contributed by atoms with van der Waals surface area (Å²) in [5, 5.41) is 10.7. The predicted molar refractivity (Wildman–Crippen MR) is 87.1 cm³/mol. The van der Waals surface area contributed by atoms with Crippen LogP contribution < -0.4 is 10.6 Å². The first-order valence-corrected chi connectivity index (χ1v) is 7.95. The largest absolute Gasteiger partial charge is 0.356 e. The highest BCUT2D eigenvalue weighted by Crippen LogP contribution is 2.21. The molecule has 0 saturated heterocycles. The minimum Gasteiger partial charge on any atom is -0.356 e. The molecule has 0 aliphatic rings. The van der Waals surface area contributed by atoms with E-state index in [1.54, 1.807) is 24.6 Å². The van der Waals surface area contributed by atoms with Crippen molar-refractivity contribution in [2.24, 2.45) is 12.0 Å². The Morgan fingerprint density at radius 3 is 2.85 bits per heavy atom. The molecular formula is C13H18BrN5S. The van der Waals surface area contributed by atoms with Crippen LogP contribution in [-0.2, 0) is 20.0 Å². The molecule has 7 heteroatoms. The summed E-state index contributed by atoms with van der Waals surface area (Å²) in [6.07, 6.45) is 2.78. The Kier molecular flexibility index (Phi) is 5.60. The van der Waals surface area contributed by atoms with Crippen molar-refractivity contribution >= 4 is 33.2 Å². The maximum Gasteiger partial charge on any atom is 0.191 e. The van der Waals surface area contributed by atoms with Gasteiger partial charge in [0, 0.05) is 31.7 Å². The van der Waals surface area contributed by atoms with Gasteiger partial charge in [0.2, 0.25) is 0 Å². The molecule has 20 heavy (non-hydrogen) atoms. The van der Waals surface area contributed by atoms with Crippen LogP contribution >= 0.6 is 27.3 Å². The van der Waals surface area contributed by atoms with E-state index >= 15 is 0 Å². The number of aryl methyl sites for hydroxylation is 1. The van der Waals surface area contributed by atoms with E-state index in [1.807, 2.05) is 17.8 Å². The number of nitrogens with one attached hydrogen (secondary N) is 2. The van der Waals surface area contributed by atoms with Gasteiger partial charge in [-0.2, -0.15) is 5.10 Å². The maximum atomic E-state index is 4.21. The summed E-state index contributed by atoms with van der Waals surface area (Å²) < 4.78 is 3.02. The third kappa shape index (κ3) is 4.35. The van der Waals surface area contributed by atoms with Crippen molar-refractivity contribution in [3.63, 3.8) is 0 Å². The van der Waals surface area contributed by atoms with E-state index in [2.05, 4.69) is 48.8 Å². The number of aromatic nitrogens is 2. The molecule has 0 saturated carbocycles. The first-order chi connectivity index (χ1) is 9.69. The molecule has 108 valence electrons. The third-order valence-electron chi connectivity index (χ3n) is 2.88. The zero-order chi connectivity index (χ0) is 14.4. The number of aliphatic imine (C=N–C) groups is 1. The molecule has 5 nitrogen and oxygen atoms in total. The second-order valence-corrected chi connectivity index (χ2v) is 6.80. The normalized spacial score (nSPS) is 11.7. The monoisotopic (exact) mass is 355 g/mol. The molecule has 0 aliphatic heterocycles. The second kappa shape index (κ2) is 7.44. The second-order valence-electron chi connectivity index (χ2n) is 4.25. The molecule has 0 bridgehead atoms. The Balaban J connectivity index is 1.74. The maximum absolute atomic E-state index is 4.21. The van der Waals surface area contributed by atoms with Crippen LogP contribution in [0.5, 0.6) is 0 Å². The van der Waals surface area contributed by atoms with Crippen LogP contribution in [0, 0.1) is 0 Å². The van der Waals surface area contributed by atoms with Gasteiger partial charge in [-0.05, 0) is 40.5 Å². The summed E-state index contributed by atoms with van der Waals surface area (Å²) in [5.74, 6) is 0.807. The highest BCUT2D eigenvalue weighted by atomic mass is 79.9. The Hall–Kier alpha value is -1.34. The first kappa shape index (κ1) is 15.1. The van der Waals surface area contributed by atoms with E-state index in [-0.39, 0.29) is 0 Å². The Bertz CT molecular complexity index is 575. The van der Waals surface area contributed by atoms with E-state index in [9.17, 15) is 0 Å². The van der Waals surface area contributed by atoms with Gasteiger partial charge in [0.25, 0.3) is 0 Å². The molecule has 0 radical (unpaired) electrons. The molecule has 2 heterocycles. The Morgan fingerprint density at radius 1 is 1.40 bits per heavy atom. The van der Waals surface area contributed by atoms with Crippen LogP contribution in [0.1, 0.15) is 10.6 Å². The summed E-state index contributed by atoms with van der Waals surface area (Å²) in [7, 11) is 3.71. The fourth-order valence-electron chi connectivity index (χ4n) is 1.76. The minimum absolute atomic E-state index is 0.709. The van der Waals surface area contributed by atoms with E-state index in [0.29, 0.717) is 6.54 Å². The molecule has 0 aliphatic carbocycles. The third-order valence-corrected chi connectivity index (χ3v) is 4.56. The molecule has 0 aromatic carbocycles. The fourth-order valence-corrected chi connectivity index (χ4v) is 3.24. The predicted octanol–water partition coefficient (Wildman–Crippen LogP) is 2.15. The Morgan fingerprint density at radius 2 is 2.25 bits per heavy atom. The van der Waals surface area contributed by atoms with Gasteiger partial charge in [0.1, 0.15) is 0 Å². The SMILES string of the molecule is CN=C(NCCc1ccc(Br)s1)NCc1ccnn1C. The molecule has 0 atom stereocenters. The van der Waals surface area contributed by atoms with Crippen LogP contribution in [0.4, 0.5) is 0 Å². The average Bonchev–Trinajstić information content (AvgIpc) is 3.03. The van der Waals surface area contributed by atoms with Gasteiger partial charge in [-0.1, -0.05) is 0 Å². The standard InChI is InChI=1S/C13H18BrN5S/c1-15-13(17-9-10-5-8-18-19(10)2)16-7-6-11-3-4-12(14)20-11/h3-5,8H,6-7,9H2,1-2H3,(H2,15,16,17). The lowest BCUT2D eigenvalue weighted by atomic mass is 10.3. The molecule has 2 aromatic rings. The van der Waals surface area contributed by atoms with Crippen molar-refractivity contribution in [2.45, 2.75) is 13.0 Å². The lowest BCUT2D eigenvalue weighted by molar-refractivity contribution is 0.684. The first-order valence-electron chi connectivity index (χ1n) is 6.34. The number of hydrogen-bond donors (Lipinski definition) is 2. The highest BCUT2D eigenvalue weighted by Gasteiger charge is 2.02. The van der Waals surface area contributed by atoms with E-state index in [4.69, 9.17) is 0 Å². The molecule has 2 rings (SSSR count). The van der Waals surface area contributed by atoms with Crippen LogP contribution in [0.2, 0.25) is 0 Å². The number of thiophene rings is 1. The smallest absolute Gasteiger partial charge is 0.191 e. The molecular weight excluding hydrogens is 338 g/mol. The molecule has 0 fully saturated rings. The van der Waals surface area contributed by atoms with Crippen LogP contribution in [0.25, 0.3) is 0 Å². The van der Waals surface area contributed by atoms with Gasteiger partial charge >= 0.3 is 0 Å². The van der Waals surface area contributed by atoms with Crippen LogP contribution in [0.15, 0.2) is 33.2 Å². The van der Waals surface area contributed by atoms with Crippen molar-refractivity contribution in [1.29, 1.82) is 0 Å². The lowest BCUT2D eigenvalue weighted by Crippen LogP contribution is -2.38. The van der Waals surface area contributed by atoms with Gasteiger partial charge in [-0.15, -0.1) is 11.3 Å². The van der Waals surface area contributed by atoms with Crippen LogP contribution in [0.3, 0.4) is 0 Å². The van der Waals surface area contributed by atoms with E-state index in [1.165, 1.54) is 8.66 Å². The summed E-state index contributed by atoms with van der Waals surface area (Å²) in [5.41, 5.74) is 1.12. The van der Waals surface area contributed by atoms with Crippen LogP contribution in [-0.4, -0.2) is 29.3 Å². The summed E-state index contributed by atoms with van der Waals surface area (Å²) in [6.45, 7) is 1.57. The number of nitrogens with zero attached hydrogens (tertiary/aromatic N) is 3. The average molecular weight is 356 g/mol. The van der Waals surface area contributed by atoms with Gasteiger partial charge in [0.05, 0.1) is 16.0 Å². The number of halogens is 1. The lowest BCUT2D eigenvalue weighted by Gasteiger charge is -2.11.